The van der Waals surface area contributed by atoms with Crippen LogP contribution in [0.1, 0.15) is 20.3 Å². The fourth-order valence-corrected chi connectivity index (χ4v) is 2.84. The maximum atomic E-state index is 11.5. The summed E-state index contributed by atoms with van der Waals surface area (Å²) in [5, 5.41) is 0. The van der Waals surface area contributed by atoms with Gasteiger partial charge >= 0.3 is 0 Å². The lowest BCUT2D eigenvalue weighted by atomic mass is 9.86. The number of rotatable bonds is 5. The van der Waals surface area contributed by atoms with Crippen LogP contribution in [0.15, 0.2) is 23.8 Å². The Hall–Kier alpha value is -0.690. The van der Waals surface area contributed by atoms with Crippen molar-refractivity contribution in [3.05, 3.63) is 23.8 Å². The Balaban J connectivity index is 2.68. The zero-order chi connectivity index (χ0) is 14.0. The Bertz CT molecular complexity index is 452. The number of hydrogen-bond acceptors (Lipinski definition) is 4. The molecule has 5 nitrogen and oxygen atoms in total. The summed E-state index contributed by atoms with van der Waals surface area (Å²) in [6.07, 6.45) is 7.59. The Labute approximate surface area is 110 Å². The van der Waals surface area contributed by atoms with Gasteiger partial charge in [-0.15, -0.1) is 0 Å². The van der Waals surface area contributed by atoms with Crippen molar-refractivity contribution >= 4 is 10.0 Å². The van der Waals surface area contributed by atoms with Crippen molar-refractivity contribution in [2.75, 3.05) is 19.3 Å². The molecule has 0 saturated carbocycles. The van der Waals surface area contributed by atoms with Gasteiger partial charge in [-0.05, 0) is 18.9 Å². The lowest BCUT2D eigenvalue weighted by Crippen LogP contribution is -2.51. The molecule has 2 atom stereocenters. The summed E-state index contributed by atoms with van der Waals surface area (Å²) in [6.45, 7) is 4.65. The van der Waals surface area contributed by atoms with E-state index in [0.717, 1.165) is 5.57 Å². The number of allylic oxidation sites excluding steroid dienone is 1. The van der Waals surface area contributed by atoms with Crippen LogP contribution in [0.2, 0.25) is 0 Å². The molecule has 0 amide bonds. The highest BCUT2D eigenvalue weighted by atomic mass is 32.2. The lowest BCUT2D eigenvalue weighted by Gasteiger charge is -2.30. The van der Waals surface area contributed by atoms with Gasteiger partial charge in [0, 0.05) is 19.1 Å². The van der Waals surface area contributed by atoms with Gasteiger partial charge in [0.2, 0.25) is 10.0 Å². The van der Waals surface area contributed by atoms with Crippen LogP contribution in [0.5, 0.6) is 0 Å². The molecule has 0 fully saturated rings. The van der Waals surface area contributed by atoms with Crippen molar-refractivity contribution in [2.45, 2.75) is 31.8 Å². The normalized spacial score (nSPS) is 28.6. The third-order valence-corrected chi connectivity index (χ3v) is 4.58. The van der Waals surface area contributed by atoms with Crippen LogP contribution >= 0.6 is 0 Å². The monoisotopic (exact) mass is 273 g/mol. The second kappa shape index (κ2) is 5.52. The molecule has 18 heavy (non-hydrogen) atoms. The van der Waals surface area contributed by atoms with Gasteiger partial charge in [-0.1, -0.05) is 25.2 Å². The molecule has 0 aromatic carbocycles. The minimum absolute atomic E-state index is 0.196. The maximum absolute atomic E-state index is 11.5. The first-order valence-electron chi connectivity index (χ1n) is 6.06. The molecule has 1 aliphatic carbocycles. The lowest BCUT2D eigenvalue weighted by molar-refractivity contribution is 0.433. The molecule has 2 unspecified atom stereocenters. The van der Waals surface area contributed by atoms with Crippen LogP contribution < -0.4 is 11.5 Å². The molecule has 0 aliphatic heterocycles. The molecule has 0 aromatic rings. The van der Waals surface area contributed by atoms with E-state index in [-0.39, 0.29) is 6.04 Å². The fraction of sp³-hybridized carbons (Fsp3) is 0.667. The van der Waals surface area contributed by atoms with E-state index in [4.69, 9.17) is 11.5 Å². The van der Waals surface area contributed by atoms with Gasteiger partial charge < -0.3 is 11.5 Å². The molecule has 0 saturated heterocycles. The standard InChI is InChI=1S/C12H23N3O2S/c1-4-15(18(3,16)17)8-7-10-5-6-11(13)12(2,14)9-10/h5-6,9,11H,4,7-8,13-14H2,1-3H3. The third kappa shape index (κ3) is 3.91. The van der Waals surface area contributed by atoms with E-state index in [2.05, 4.69) is 0 Å². The van der Waals surface area contributed by atoms with E-state index in [1.54, 1.807) is 0 Å². The quantitative estimate of drug-likeness (QED) is 0.749. The smallest absolute Gasteiger partial charge is 0.211 e. The molecule has 0 heterocycles. The van der Waals surface area contributed by atoms with Crippen LogP contribution in [0.3, 0.4) is 0 Å². The minimum atomic E-state index is -3.13. The highest BCUT2D eigenvalue weighted by Gasteiger charge is 2.26. The summed E-state index contributed by atoms with van der Waals surface area (Å²) in [5.41, 5.74) is 12.4. The summed E-state index contributed by atoms with van der Waals surface area (Å²) >= 11 is 0. The van der Waals surface area contributed by atoms with Crippen LogP contribution in [-0.2, 0) is 10.0 Å². The first-order chi connectivity index (χ1) is 8.16. The average molecular weight is 273 g/mol. The summed E-state index contributed by atoms with van der Waals surface area (Å²) in [4.78, 5) is 0. The zero-order valence-corrected chi connectivity index (χ0v) is 12.1. The van der Waals surface area contributed by atoms with Crippen molar-refractivity contribution in [2.24, 2.45) is 11.5 Å². The zero-order valence-electron chi connectivity index (χ0n) is 11.3. The second-order valence-electron chi connectivity index (χ2n) is 4.97. The molecule has 0 spiro atoms. The van der Waals surface area contributed by atoms with Crippen LogP contribution in [0, 0.1) is 0 Å². The summed E-state index contributed by atoms with van der Waals surface area (Å²) in [5.74, 6) is 0. The molecule has 1 rings (SSSR count). The summed E-state index contributed by atoms with van der Waals surface area (Å²) in [7, 11) is -3.13. The number of nitrogens with two attached hydrogens (primary N) is 2. The third-order valence-electron chi connectivity index (χ3n) is 3.20. The molecule has 0 aromatic heterocycles. The van der Waals surface area contributed by atoms with Crippen molar-refractivity contribution in [3.63, 3.8) is 0 Å². The maximum Gasteiger partial charge on any atom is 0.211 e. The second-order valence-corrected chi connectivity index (χ2v) is 6.96. The highest BCUT2D eigenvalue weighted by molar-refractivity contribution is 7.88. The summed E-state index contributed by atoms with van der Waals surface area (Å²) < 4.78 is 24.4. The highest BCUT2D eigenvalue weighted by Crippen LogP contribution is 2.20. The van der Waals surface area contributed by atoms with Crippen LogP contribution in [0.25, 0.3) is 0 Å². The Morgan fingerprint density at radius 2 is 2.11 bits per heavy atom. The van der Waals surface area contributed by atoms with Crippen molar-refractivity contribution in [3.8, 4) is 0 Å². The van der Waals surface area contributed by atoms with Crippen molar-refractivity contribution in [1.82, 2.24) is 4.31 Å². The number of sulfonamides is 1. The Morgan fingerprint density at radius 1 is 1.50 bits per heavy atom. The van der Waals surface area contributed by atoms with E-state index in [0.29, 0.717) is 19.5 Å². The van der Waals surface area contributed by atoms with Crippen molar-refractivity contribution in [1.29, 1.82) is 0 Å². The number of nitrogens with zero attached hydrogens (tertiary/aromatic N) is 1. The SMILES string of the molecule is CCN(CCC1=CC(C)(N)C(N)C=C1)S(C)(=O)=O. The average Bonchev–Trinajstić information content (AvgIpc) is 2.22. The van der Waals surface area contributed by atoms with Gasteiger partial charge in [0.25, 0.3) is 0 Å². The van der Waals surface area contributed by atoms with Crippen molar-refractivity contribution < 1.29 is 8.42 Å². The van der Waals surface area contributed by atoms with Crippen LogP contribution in [0.4, 0.5) is 0 Å². The first kappa shape index (κ1) is 15.4. The Kier molecular flexibility index (Phi) is 4.72. The Morgan fingerprint density at radius 3 is 2.56 bits per heavy atom. The van der Waals surface area contributed by atoms with Gasteiger partial charge in [0.05, 0.1) is 11.8 Å². The van der Waals surface area contributed by atoms with Gasteiger partial charge in [-0.25, -0.2) is 12.7 Å². The molecule has 1 aliphatic rings. The van der Waals surface area contributed by atoms with E-state index < -0.39 is 15.6 Å². The summed E-state index contributed by atoms with van der Waals surface area (Å²) in [6, 6.07) is -0.196. The molecule has 0 bridgehead atoms. The topological polar surface area (TPSA) is 89.4 Å². The predicted octanol–water partition coefficient (Wildman–Crippen LogP) is 0.199. The fourth-order valence-electron chi connectivity index (χ4n) is 1.95. The molecular weight excluding hydrogens is 250 g/mol. The van der Waals surface area contributed by atoms with E-state index in [1.165, 1.54) is 10.6 Å². The molecule has 0 radical (unpaired) electrons. The van der Waals surface area contributed by atoms with Gasteiger partial charge in [-0.2, -0.15) is 0 Å². The largest absolute Gasteiger partial charge is 0.323 e. The first-order valence-corrected chi connectivity index (χ1v) is 7.91. The van der Waals surface area contributed by atoms with E-state index in [1.807, 2.05) is 32.1 Å². The molecule has 4 N–H and O–H groups in total. The van der Waals surface area contributed by atoms with Crippen LogP contribution in [-0.4, -0.2) is 43.6 Å². The van der Waals surface area contributed by atoms with Gasteiger partial charge in [0.15, 0.2) is 0 Å². The number of hydrogen-bond donors (Lipinski definition) is 2. The van der Waals surface area contributed by atoms with E-state index in [9.17, 15) is 8.42 Å². The molecule has 104 valence electrons. The van der Waals surface area contributed by atoms with E-state index >= 15 is 0 Å². The molecular formula is C12H23N3O2S. The molecule has 6 heteroatoms. The predicted molar refractivity (Wildman–Crippen MR) is 74.5 cm³/mol. The van der Waals surface area contributed by atoms with Gasteiger partial charge in [-0.3, -0.25) is 0 Å². The minimum Gasteiger partial charge on any atom is -0.323 e. The van der Waals surface area contributed by atoms with Gasteiger partial charge in [0.1, 0.15) is 0 Å².